The van der Waals surface area contributed by atoms with E-state index in [4.69, 9.17) is 33.2 Å². The van der Waals surface area contributed by atoms with E-state index in [0.717, 1.165) is 52.1 Å². The minimum Gasteiger partial charge on any atom is -0.467 e. The van der Waals surface area contributed by atoms with Crippen molar-refractivity contribution in [1.82, 2.24) is 0 Å². The van der Waals surface area contributed by atoms with Gasteiger partial charge in [-0.25, -0.2) is 4.79 Å². The van der Waals surface area contributed by atoms with Crippen LogP contribution in [-0.2, 0) is 42.7 Å². The van der Waals surface area contributed by atoms with Crippen molar-refractivity contribution in [3.05, 3.63) is 11.6 Å². The number of hydrogen-bond acceptors (Lipinski definition) is 18. The summed E-state index contributed by atoms with van der Waals surface area (Å²) < 4.78 is 40.8. The topological polar surface area (TPSA) is 281 Å². The smallest absolute Gasteiger partial charge is 0.337 e. The van der Waals surface area contributed by atoms with Gasteiger partial charge in [0.15, 0.2) is 18.7 Å². The molecule has 3 heterocycles. The fourth-order valence-corrected chi connectivity index (χ4v) is 15.1. The molecule has 0 aromatic carbocycles. The van der Waals surface area contributed by atoms with E-state index < -0.39 is 128 Å². The van der Waals surface area contributed by atoms with Crippen molar-refractivity contribution < 1.29 is 88.7 Å². The maximum Gasteiger partial charge on any atom is 0.337 e. The molecule has 9 N–H and O–H groups in total. The summed E-state index contributed by atoms with van der Waals surface area (Å²) in [6, 6.07) is 0. The molecule has 382 valence electrons. The van der Waals surface area contributed by atoms with Crippen LogP contribution >= 0.6 is 0 Å². The molecule has 18 heteroatoms. The molecule has 7 fully saturated rings. The van der Waals surface area contributed by atoms with Crippen molar-refractivity contribution in [1.29, 1.82) is 0 Å². The molecule has 3 saturated heterocycles. The summed E-state index contributed by atoms with van der Waals surface area (Å²) in [6.07, 6.45) is -13.8. The number of methoxy groups -OCH3 is 1. The monoisotopic (exact) mass is 955 g/mol. The Hall–Kier alpha value is -1.88. The first-order chi connectivity index (χ1) is 31.2. The third-order valence-corrected chi connectivity index (χ3v) is 19.4. The van der Waals surface area contributed by atoms with Crippen LogP contribution in [0.3, 0.4) is 0 Å². The number of allylic oxidation sites excluding steroid dienone is 2. The lowest BCUT2D eigenvalue weighted by atomic mass is 9.33. The second kappa shape index (κ2) is 18.0. The highest BCUT2D eigenvalue weighted by atomic mass is 16.7. The van der Waals surface area contributed by atoms with Crippen LogP contribution in [0.15, 0.2) is 11.6 Å². The summed E-state index contributed by atoms with van der Waals surface area (Å²) in [5.74, 6) is -1.14. The maximum atomic E-state index is 14.7. The Morgan fingerprint density at radius 3 is 1.99 bits per heavy atom. The van der Waals surface area contributed by atoms with Crippen molar-refractivity contribution in [2.45, 2.75) is 218 Å². The SMILES string of the molecule is COC(=O)C1OC(OC2CCC3(C)C(CCC4(C)C3CC=C3C5CC(C)(C)CCC5(C(=O)OC5OC(CO)C(O)C(O)C5O)CCC34C)C2(C)C)C(O)C(O)C1OC1OC(C)C(O)C(O)C1O. The maximum absolute atomic E-state index is 14.7. The molecule has 18 nitrogen and oxygen atoms in total. The van der Waals surface area contributed by atoms with E-state index in [1.54, 1.807) is 0 Å². The molecule has 0 radical (unpaired) electrons. The lowest BCUT2D eigenvalue weighted by molar-refractivity contribution is -0.361. The van der Waals surface area contributed by atoms with E-state index in [9.17, 15) is 55.5 Å². The zero-order valence-corrected chi connectivity index (χ0v) is 40.5. The number of carbonyl (C=O) groups is 2. The molecule has 23 atom stereocenters. The Balaban J connectivity index is 1.01. The molecule has 67 heavy (non-hydrogen) atoms. The third kappa shape index (κ3) is 8.07. The second-order valence-electron chi connectivity index (χ2n) is 23.7. The second-order valence-corrected chi connectivity index (χ2v) is 23.7. The molecule has 0 bridgehead atoms. The Bertz CT molecular complexity index is 1880. The third-order valence-electron chi connectivity index (χ3n) is 19.4. The lowest BCUT2D eigenvalue weighted by Gasteiger charge is -2.71. The van der Waals surface area contributed by atoms with Crippen LogP contribution in [0.4, 0.5) is 0 Å². The van der Waals surface area contributed by atoms with Gasteiger partial charge in [-0.05, 0) is 116 Å². The summed E-state index contributed by atoms with van der Waals surface area (Å²) in [5.41, 5.74) is -0.717. The minimum absolute atomic E-state index is 0.0595. The molecule has 8 rings (SSSR count). The first kappa shape index (κ1) is 51.5. The van der Waals surface area contributed by atoms with Crippen LogP contribution in [0.1, 0.15) is 120 Å². The van der Waals surface area contributed by atoms with Gasteiger partial charge in [0.2, 0.25) is 6.29 Å². The van der Waals surface area contributed by atoms with Gasteiger partial charge in [0, 0.05) is 0 Å². The number of aliphatic hydroxyl groups is 9. The lowest BCUT2D eigenvalue weighted by Crippen LogP contribution is -2.67. The fourth-order valence-electron chi connectivity index (χ4n) is 15.1. The summed E-state index contributed by atoms with van der Waals surface area (Å²) in [5, 5.41) is 95.8. The van der Waals surface area contributed by atoms with Gasteiger partial charge >= 0.3 is 11.9 Å². The van der Waals surface area contributed by atoms with Crippen LogP contribution < -0.4 is 0 Å². The molecule has 23 unspecified atom stereocenters. The molecule has 3 aliphatic heterocycles. The number of ether oxygens (including phenoxy) is 7. The van der Waals surface area contributed by atoms with Gasteiger partial charge in [-0.3, -0.25) is 4.79 Å². The molecular weight excluding hydrogens is 877 g/mol. The first-order valence-electron chi connectivity index (χ1n) is 24.5. The predicted molar refractivity (Wildman–Crippen MR) is 234 cm³/mol. The number of carbonyl (C=O) groups excluding carboxylic acids is 2. The molecule has 8 aliphatic rings. The highest BCUT2D eigenvalue weighted by Crippen LogP contribution is 2.76. The Morgan fingerprint density at radius 2 is 1.31 bits per heavy atom. The van der Waals surface area contributed by atoms with E-state index in [1.807, 2.05) is 0 Å². The van der Waals surface area contributed by atoms with Crippen molar-refractivity contribution >= 4 is 11.9 Å². The Morgan fingerprint density at radius 1 is 0.687 bits per heavy atom. The van der Waals surface area contributed by atoms with Gasteiger partial charge in [0.05, 0.1) is 31.3 Å². The molecule has 0 spiro atoms. The van der Waals surface area contributed by atoms with Gasteiger partial charge in [-0.1, -0.05) is 60.1 Å². The quantitative estimate of drug-likeness (QED) is 0.0943. The number of rotatable bonds is 8. The van der Waals surface area contributed by atoms with E-state index >= 15 is 0 Å². The molecule has 5 aliphatic carbocycles. The van der Waals surface area contributed by atoms with E-state index in [2.05, 4.69) is 54.5 Å². The van der Waals surface area contributed by atoms with Crippen molar-refractivity contribution in [2.24, 2.45) is 50.2 Å². The number of aliphatic hydroxyl groups excluding tert-OH is 9. The van der Waals surface area contributed by atoms with Crippen molar-refractivity contribution in [3.63, 3.8) is 0 Å². The van der Waals surface area contributed by atoms with Crippen molar-refractivity contribution in [2.75, 3.05) is 13.7 Å². The van der Waals surface area contributed by atoms with Crippen LogP contribution in [0, 0.1) is 50.2 Å². The number of fused-ring (bicyclic) bond motifs is 7. The van der Waals surface area contributed by atoms with E-state index in [1.165, 1.54) is 12.5 Å². The zero-order chi connectivity index (χ0) is 49.1. The van der Waals surface area contributed by atoms with E-state index in [-0.39, 0.29) is 39.4 Å². The highest BCUT2D eigenvalue weighted by molar-refractivity contribution is 5.79. The average molecular weight is 955 g/mol. The van der Waals surface area contributed by atoms with Gasteiger partial charge < -0.3 is 79.1 Å². The van der Waals surface area contributed by atoms with Crippen LogP contribution in [0.5, 0.6) is 0 Å². The van der Waals surface area contributed by atoms with Gasteiger partial charge in [0.1, 0.15) is 61.0 Å². The highest BCUT2D eigenvalue weighted by Gasteiger charge is 2.70. The van der Waals surface area contributed by atoms with Gasteiger partial charge in [0.25, 0.3) is 0 Å². The van der Waals surface area contributed by atoms with Crippen LogP contribution in [-0.4, -0.2) is 170 Å². The van der Waals surface area contributed by atoms with E-state index in [0.29, 0.717) is 19.3 Å². The molecular formula is C49H78O18. The zero-order valence-electron chi connectivity index (χ0n) is 40.5. The number of esters is 2. The average Bonchev–Trinajstić information content (AvgIpc) is 3.27. The predicted octanol–water partition coefficient (Wildman–Crippen LogP) is 1.35. The van der Waals surface area contributed by atoms with Crippen LogP contribution in [0.25, 0.3) is 0 Å². The molecule has 0 amide bonds. The standard InChI is InChI=1S/C49H78O18/c1-22-29(51)31(53)34(56)40(62-22)65-37-33(55)36(58)42(66-38(37)39(59)61-9)64-28-13-14-46(6)26(45(28,4)5)12-15-48(8)27(46)11-10-23-24-20-44(2,3)16-18-49(24,19-17-47(23,48)7)43(60)67-41-35(57)32(54)30(52)25(21-50)63-41/h10,22,24-38,40-42,50-58H,11-21H2,1-9H3. The van der Waals surface area contributed by atoms with Gasteiger partial charge in [-0.15, -0.1) is 0 Å². The molecule has 4 saturated carbocycles. The Labute approximate surface area is 393 Å². The largest absolute Gasteiger partial charge is 0.467 e. The molecule has 0 aromatic heterocycles. The van der Waals surface area contributed by atoms with Crippen LogP contribution in [0.2, 0.25) is 0 Å². The van der Waals surface area contributed by atoms with Crippen molar-refractivity contribution in [3.8, 4) is 0 Å². The fraction of sp³-hybridized carbons (Fsp3) is 0.918. The Kier molecular flexibility index (Phi) is 13.8. The normalized spacial score (nSPS) is 52.6. The number of hydrogen-bond donors (Lipinski definition) is 9. The van der Waals surface area contributed by atoms with Gasteiger partial charge in [-0.2, -0.15) is 0 Å². The summed E-state index contributed by atoms with van der Waals surface area (Å²) in [6.45, 7) is 16.9. The molecule has 0 aromatic rings. The summed E-state index contributed by atoms with van der Waals surface area (Å²) in [4.78, 5) is 27.9. The first-order valence-corrected chi connectivity index (χ1v) is 24.5. The summed E-state index contributed by atoms with van der Waals surface area (Å²) in [7, 11) is 1.14. The summed E-state index contributed by atoms with van der Waals surface area (Å²) >= 11 is 0. The minimum atomic E-state index is -1.77.